The summed E-state index contributed by atoms with van der Waals surface area (Å²) >= 11 is 0. The number of benzene rings is 3. The number of aromatic hydroxyl groups is 1. The van der Waals surface area contributed by atoms with Gasteiger partial charge in [0.25, 0.3) is 0 Å². The molecule has 0 radical (unpaired) electrons. The lowest BCUT2D eigenvalue weighted by atomic mass is 9.69. The molecule has 0 aliphatic heterocycles. The maximum absolute atomic E-state index is 15.4. The minimum atomic E-state index is -1.34. The minimum Gasteiger partial charge on any atom is -0.508 e. The molecule has 180 valence electrons. The molecule has 3 aromatic rings. The molecule has 2 fully saturated rings. The summed E-state index contributed by atoms with van der Waals surface area (Å²) in [6, 6.07) is 24.5. The van der Waals surface area contributed by atoms with Gasteiger partial charge in [0.2, 0.25) is 0 Å². The summed E-state index contributed by atoms with van der Waals surface area (Å²) in [6.07, 6.45) is 3.89. The molecular formula is C31H31FO3. The van der Waals surface area contributed by atoms with Gasteiger partial charge in [-0.3, -0.25) is 4.79 Å². The summed E-state index contributed by atoms with van der Waals surface area (Å²) < 4.78 is 21.3. The normalized spacial score (nSPS) is 29.6. The number of ether oxygens (including phenoxy) is 1. The summed E-state index contributed by atoms with van der Waals surface area (Å²) in [5.74, 6) is 2.18. The molecule has 0 heterocycles. The van der Waals surface area contributed by atoms with Crippen molar-refractivity contribution in [2.75, 3.05) is 6.61 Å². The molecule has 3 aliphatic rings. The molecule has 4 heteroatoms. The Morgan fingerprint density at radius 3 is 2.34 bits per heavy atom. The maximum Gasteiger partial charge on any atom is 0.145 e. The van der Waals surface area contributed by atoms with Crippen LogP contribution in [0.2, 0.25) is 0 Å². The quantitative estimate of drug-likeness (QED) is 0.450. The number of halogens is 1. The Bertz CT molecular complexity index is 1200. The zero-order chi connectivity index (χ0) is 24.0. The summed E-state index contributed by atoms with van der Waals surface area (Å²) in [7, 11) is 0. The van der Waals surface area contributed by atoms with E-state index in [2.05, 4.69) is 42.5 Å². The smallest absolute Gasteiger partial charge is 0.145 e. The third kappa shape index (κ3) is 4.35. The van der Waals surface area contributed by atoms with Gasteiger partial charge in [0.05, 0.1) is 0 Å². The number of aryl methyl sites for hydroxylation is 1. The third-order valence-electron chi connectivity index (χ3n) is 8.46. The van der Waals surface area contributed by atoms with E-state index in [4.69, 9.17) is 4.74 Å². The Morgan fingerprint density at radius 1 is 0.914 bits per heavy atom. The first-order valence-electron chi connectivity index (χ1n) is 12.8. The van der Waals surface area contributed by atoms with Crippen LogP contribution in [0.4, 0.5) is 4.39 Å². The number of rotatable bonds is 5. The van der Waals surface area contributed by atoms with E-state index in [1.807, 2.05) is 24.3 Å². The van der Waals surface area contributed by atoms with Crippen LogP contribution in [0.5, 0.6) is 11.5 Å². The van der Waals surface area contributed by atoms with E-state index >= 15 is 4.39 Å². The van der Waals surface area contributed by atoms with Crippen LogP contribution >= 0.6 is 0 Å². The number of carbonyl (C=O) groups is 1. The first-order chi connectivity index (χ1) is 17.0. The summed E-state index contributed by atoms with van der Waals surface area (Å²) in [5, 5.41) is 10.0. The van der Waals surface area contributed by atoms with Crippen molar-refractivity contribution in [1.82, 2.24) is 0 Å². The van der Waals surface area contributed by atoms with Crippen molar-refractivity contribution in [1.29, 1.82) is 0 Å². The number of hydrogen-bond donors (Lipinski definition) is 1. The highest BCUT2D eigenvalue weighted by Crippen LogP contribution is 2.50. The van der Waals surface area contributed by atoms with Gasteiger partial charge in [-0.15, -0.1) is 0 Å². The molecule has 1 N–H and O–H groups in total. The molecule has 0 spiro atoms. The van der Waals surface area contributed by atoms with Gasteiger partial charge >= 0.3 is 0 Å². The number of carbonyl (C=O) groups excluding carboxylic acids is 1. The van der Waals surface area contributed by atoms with Crippen LogP contribution in [0.1, 0.15) is 66.2 Å². The molecule has 3 aromatic carbocycles. The van der Waals surface area contributed by atoms with E-state index in [0.29, 0.717) is 43.1 Å². The van der Waals surface area contributed by atoms with Crippen molar-refractivity contribution < 1.29 is 19.0 Å². The number of Topliss-reactive ketones (excluding diaryl/α,β-unsaturated/α-hetero) is 1. The summed E-state index contributed by atoms with van der Waals surface area (Å²) in [5.41, 5.74) is 3.64. The highest BCUT2D eigenvalue weighted by molar-refractivity contribution is 5.81. The van der Waals surface area contributed by atoms with Crippen molar-refractivity contribution in [2.45, 2.75) is 56.0 Å². The van der Waals surface area contributed by atoms with Crippen LogP contribution in [0.15, 0.2) is 72.8 Å². The second kappa shape index (κ2) is 8.82. The number of alkyl halides is 1. The predicted octanol–water partition coefficient (Wildman–Crippen LogP) is 6.73. The fraction of sp³-hybridized carbons (Fsp3) is 0.387. The Kier molecular flexibility index (Phi) is 5.63. The Labute approximate surface area is 206 Å². The Morgan fingerprint density at radius 2 is 1.63 bits per heavy atom. The first-order valence-corrected chi connectivity index (χ1v) is 12.8. The van der Waals surface area contributed by atoms with Crippen molar-refractivity contribution in [2.24, 2.45) is 11.8 Å². The van der Waals surface area contributed by atoms with Gasteiger partial charge in [0, 0.05) is 18.8 Å². The molecular weight excluding hydrogens is 439 g/mol. The van der Waals surface area contributed by atoms with Crippen LogP contribution in [-0.2, 0) is 11.2 Å². The zero-order valence-electron chi connectivity index (χ0n) is 19.8. The predicted molar refractivity (Wildman–Crippen MR) is 134 cm³/mol. The standard InChI is InChI=1S/C31H31FO3/c32-31(17-23-15-26(34)16-24(23)18-31)19-35-27-10-6-21(7-11-27)30-28(20-4-2-1-3-5-20)12-8-22-14-25(33)9-13-29(22)30/h1-7,9-11,13-14,23-24,28,30,33H,8,12,15-19H2/t23?,24?,28-,30+,31?/m1/s1. The van der Waals surface area contributed by atoms with E-state index in [-0.39, 0.29) is 30.1 Å². The molecule has 35 heavy (non-hydrogen) atoms. The van der Waals surface area contributed by atoms with Crippen LogP contribution in [-0.4, -0.2) is 23.2 Å². The average Bonchev–Trinajstić information content (AvgIpc) is 3.35. The second-order valence-electron chi connectivity index (χ2n) is 10.8. The molecule has 0 saturated heterocycles. The summed E-state index contributed by atoms with van der Waals surface area (Å²) in [4.78, 5) is 11.7. The van der Waals surface area contributed by atoms with E-state index in [9.17, 15) is 9.90 Å². The number of hydrogen-bond acceptors (Lipinski definition) is 3. The van der Waals surface area contributed by atoms with Gasteiger partial charge < -0.3 is 9.84 Å². The van der Waals surface area contributed by atoms with Gasteiger partial charge in [-0.2, -0.15) is 0 Å². The van der Waals surface area contributed by atoms with Gasteiger partial charge in [-0.1, -0.05) is 48.5 Å². The van der Waals surface area contributed by atoms with Crippen molar-refractivity contribution in [3.63, 3.8) is 0 Å². The molecule has 0 amide bonds. The number of phenolic OH excluding ortho intramolecular Hbond substituents is 1. The lowest BCUT2D eigenvalue weighted by Gasteiger charge is -2.35. The highest BCUT2D eigenvalue weighted by Gasteiger charge is 2.50. The minimum absolute atomic E-state index is 0.0473. The van der Waals surface area contributed by atoms with Crippen molar-refractivity contribution in [3.8, 4) is 11.5 Å². The van der Waals surface area contributed by atoms with Gasteiger partial charge in [-0.25, -0.2) is 4.39 Å². The van der Waals surface area contributed by atoms with E-state index in [1.54, 1.807) is 6.07 Å². The molecule has 0 aromatic heterocycles. The number of fused-ring (bicyclic) bond motifs is 2. The van der Waals surface area contributed by atoms with E-state index in [1.165, 1.54) is 22.3 Å². The molecule has 4 atom stereocenters. The fourth-order valence-electron chi connectivity index (χ4n) is 6.88. The third-order valence-corrected chi connectivity index (χ3v) is 8.46. The first kappa shape index (κ1) is 22.3. The monoisotopic (exact) mass is 470 g/mol. The average molecular weight is 471 g/mol. The fourth-order valence-corrected chi connectivity index (χ4v) is 6.88. The van der Waals surface area contributed by atoms with Crippen molar-refractivity contribution >= 4 is 5.78 Å². The highest BCUT2D eigenvalue weighted by atomic mass is 19.1. The lowest BCUT2D eigenvalue weighted by molar-refractivity contribution is -0.118. The van der Waals surface area contributed by atoms with Gasteiger partial charge in [0.15, 0.2) is 0 Å². The van der Waals surface area contributed by atoms with Crippen LogP contribution in [0.3, 0.4) is 0 Å². The zero-order valence-corrected chi connectivity index (χ0v) is 19.8. The second-order valence-corrected chi connectivity index (χ2v) is 10.8. The van der Waals surface area contributed by atoms with Crippen molar-refractivity contribution in [3.05, 3.63) is 95.1 Å². The number of ketones is 1. The van der Waals surface area contributed by atoms with Gasteiger partial charge in [0.1, 0.15) is 29.6 Å². The van der Waals surface area contributed by atoms with Gasteiger partial charge in [-0.05, 0) is 90.0 Å². The molecule has 0 bridgehead atoms. The lowest BCUT2D eigenvalue weighted by Crippen LogP contribution is -2.29. The maximum atomic E-state index is 15.4. The van der Waals surface area contributed by atoms with E-state index < -0.39 is 5.67 Å². The molecule has 6 rings (SSSR count). The SMILES string of the molecule is O=C1CC2CC(F)(COc3ccc([C@@H]4c5ccc(O)cc5CC[C@@H]4c4ccccc4)cc3)CC2C1. The van der Waals surface area contributed by atoms with Crippen LogP contribution in [0.25, 0.3) is 0 Å². The van der Waals surface area contributed by atoms with Crippen LogP contribution < -0.4 is 4.74 Å². The van der Waals surface area contributed by atoms with E-state index in [0.717, 1.165) is 12.8 Å². The molecule has 3 nitrogen and oxygen atoms in total. The molecule has 3 aliphatic carbocycles. The topological polar surface area (TPSA) is 46.5 Å². The largest absolute Gasteiger partial charge is 0.508 e. The Hall–Kier alpha value is -3.14. The van der Waals surface area contributed by atoms with Crippen LogP contribution in [0, 0.1) is 11.8 Å². The summed E-state index contributed by atoms with van der Waals surface area (Å²) in [6.45, 7) is 0.0473. The number of phenols is 1. The Balaban J connectivity index is 1.22. The molecule has 2 saturated carbocycles. The molecule has 2 unspecified atom stereocenters.